The third kappa shape index (κ3) is 4.24. The van der Waals surface area contributed by atoms with Crippen LogP contribution in [-0.2, 0) is 10.9 Å². The molecule has 0 bridgehead atoms. The van der Waals surface area contributed by atoms with Crippen LogP contribution in [0.25, 0.3) is 0 Å². The number of hydrogen-bond donors (Lipinski definition) is 1. The fourth-order valence-electron chi connectivity index (χ4n) is 2.04. The van der Waals surface area contributed by atoms with E-state index in [0.717, 1.165) is 44.4 Å². The van der Waals surface area contributed by atoms with Gasteiger partial charge in [0.05, 0.1) is 5.56 Å². The minimum Gasteiger partial charge on any atom is -0.384 e. The molecule has 1 aromatic carbocycles. The number of hydrogen-bond acceptors (Lipinski definition) is 2. The van der Waals surface area contributed by atoms with Crippen molar-refractivity contribution in [2.45, 2.75) is 19.0 Å². The van der Waals surface area contributed by atoms with E-state index < -0.39 is 11.7 Å². The summed E-state index contributed by atoms with van der Waals surface area (Å²) in [4.78, 5) is 0. The first-order valence-corrected chi connectivity index (χ1v) is 7.23. The molecule has 2 nitrogen and oxygen atoms in total. The summed E-state index contributed by atoms with van der Waals surface area (Å²) in [5, 5.41) is 3.23. The van der Waals surface area contributed by atoms with Crippen molar-refractivity contribution >= 4 is 28.3 Å². The lowest BCUT2D eigenvalue weighted by molar-refractivity contribution is -0.137. The van der Waals surface area contributed by atoms with Crippen molar-refractivity contribution in [3.63, 3.8) is 0 Å². The lowest BCUT2D eigenvalue weighted by atomic mass is 10.0. The molecule has 2 rings (SSSR count). The van der Waals surface area contributed by atoms with Crippen LogP contribution in [0, 0.1) is 9.49 Å². The summed E-state index contributed by atoms with van der Waals surface area (Å²) < 4.78 is 43.5. The Morgan fingerprint density at radius 3 is 2.53 bits per heavy atom. The maximum absolute atomic E-state index is 12.5. The van der Waals surface area contributed by atoms with E-state index in [1.807, 2.05) is 22.6 Å². The first kappa shape index (κ1) is 14.9. The summed E-state index contributed by atoms with van der Waals surface area (Å²) in [5.74, 6) is 0.534. The minimum absolute atomic E-state index is 0.534. The molecule has 0 spiro atoms. The summed E-state index contributed by atoms with van der Waals surface area (Å²) >= 11 is 1.93. The van der Waals surface area contributed by atoms with Gasteiger partial charge in [-0.05, 0) is 59.5 Å². The van der Waals surface area contributed by atoms with Gasteiger partial charge in [-0.1, -0.05) is 0 Å². The van der Waals surface area contributed by atoms with E-state index in [0.29, 0.717) is 9.49 Å². The molecule has 1 aromatic rings. The molecule has 6 heteroatoms. The fourth-order valence-corrected chi connectivity index (χ4v) is 2.75. The average Bonchev–Trinajstić information content (AvgIpc) is 2.37. The van der Waals surface area contributed by atoms with Gasteiger partial charge in [0.15, 0.2) is 0 Å². The monoisotopic (exact) mass is 385 g/mol. The van der Waals surface area contributed by atoms with Crippen LogP contribution < -0.4 is 5.32 Å². The number of rotatable bonds is 3. The lowest BCUT2D eigenvalue weighted by Gasteiger charge is -2.23. The molecule has 1 saturated heterocycles. The first-order valence-electron chi connectivity index (χ1n) is 6.15. The van der Waals surface area contributed by atoms with Gasteiger partial charge < -0.3 is 10.1 Å². The molecule has 106 valence electrons. The van der Waals surface area contributed by atoms with Gasteiger partial charge in [0.2, 0.25) is 0 Å². The van der Waals surface area contributed by atoms with Crippen molar-refractivity contribution in [1.82, 2.24) is 0 Å². The highest BCUT2D eigenvalue weighted by atomic mass is 127. The third-order valence-corrected chi connectivity index (χ3v) is 4.11. The summed E-state index contributed by atoms with van der Waals surface area (Å²) in [6, 6.07) is 3.80. The van der Waals surface area contributed by atoms with Crippen molar-refractivity contribution in [3.8, 4) is 0 Å². The van der Waals surface area contributed by atoms with Crippen LogP contribution in [0.15, 0.2) is 18.2 Å². The molecule has 19 heavy (non-hydrogen) atoms. The van der Waals surface area contributed by atoms with Gasteiger partial charge in [-0.25, -0.2) is 0 Å². The molecule has 1 N–H and O–H groups in total. The zero-order chi connectivity index (χ0) is 13.9. The van der Waals surface area contributed by atoms with Gasteiger partial charge in [0.25, 0.3) is 0 Å². The Balaban J connectivity index is 1.97. The highest BCUT2D eigenvalue weighted by Gasteiger charge is 2.30. The second kappa shape index (κ2) is 6.30. The highest BCUT2D eigenvalue weighted by Crippen LogP contribution is 2.32. The molecular weight excluding hydrogens is 370 g/mol. The lowest BCUT2D eigenvalue weighted by Crippen LogP contribution is -2.23. The highest BCUT2D eigenvalue weighted by molar-refractivity contribution is 14.1. The molecule has 1 aliphatic heterocycles. The van der Waals surface area contributed by atoms with E-state index in [1.54, 1.807) is 0 Å². The molecule has 0 atom stereocenters. The van der Waals surface area contributed by atoms with Crippen molar-refractivity contribution in [2.24, 2.45) is 5.92 Å². The Labute approximate surface area is 123 Å². The van der Waals surface area contributed by atoms with Crippen molar-refractivity contribution < 1.29 is 17.9 Å². The molecule has 0 saturated carbocycles. The first-order chi connectivity index (χ1) is 8.97. The van der Waals surface area contributed by atoms with Crippen LogP contribution in [0.1, 0.15) is 18.4 Å². The average molecular weight is 385 g/mol. The Morgan fingerprint density at radius 1 is 1.26 bits per heavy atom. The molecule has 1 aliphatic rings. The van der Waals surface area contributed by atoms with Gasteiger partial charge >= 0.3 is 6.18 Å². The van der Waals surface area contributed by atoms with E-state index in [1.165, 1.54) is 12.1 Å². The van der Waals surface area contributed by atoms with E-state index in [2.05, 4.69) is 5.32 Å². The fraction of sp³-hybridized carbons (Fsp3) is 0.538. The summed E-state index contributed by atoms with van der Waals surface area (Å²) in [6.45, 7) is 2.33. The third-order valence-electron chi connectivity index (χ3n) is 3.22. The molecule has 0 aromatic heterocycles. The maximum atomic E-state index is 12.5. The predicted molar refractivity (Wildman–Crippen MR) is 76.2 cm³/mol. The number of ether oxygens (including phenoxy) is 1. The van der Waals surface area contributed by atoms with E-state index in [9.17, 15) is 13.2 Å². The Bertz CT molecular complexity index is 430. The minimum atomic E-state index is -4.28. The smallest absolute Gasteiger partial charge is 0.384 e. The number of halogens is 4. The van der Waals surface area contributed by atoms with Gasteiger partial charge in [0, 0.05) is 29.0 Å². The summed E-state index contributed by atoms with van der Waals surface area (Å²) in [7, 11) is 0. The molecule has 1 fully saturated rings. The zero-order valence-electron chi connectivity index (χ0n) is 10.3. The summed E-state index contributed by atoms with van der Waals surface area (Å²) in [5.41, 5.74) is 0.161. The zero-order valence-corrected chi connectivity index (χ0v) is 12.4. The predicted octanol–water partition coefficient (Wildman–Crippen LogP) is 4.15. The number of benzene rings is 1. The topological polar surface area (TPSA) is 21.3 Å². The molecular formula is C13H15F3INO. The van der Waals surface area contributed by atoms with Crippen LogP contribution in [0.4, 0.5) is 18.9 Å². The van der Waals surface area contributed by atoms with Crippen molar-refractivity contribution in [3.05, 3.63) is 27.3 Å². The SMILES string of the molecule is FC(F)(F)c1ccc(NCC2CCOCC2)c(I)c1. The molecule has 0 amide bonds. The summed E-state index contributed by atoms with van der Waals surface area (Å²) in [6.07, 6.45) is -2.27. The van der Waals surface area contributed by atoms with E-state index in [-0.39, 0.29) is 0 Å². The Kier molecular flexibility index (Phi) is 4.94. The van der Waals surface area contributed by atoms with Crippen LogP contribution in [-0.4, -0.2) is 19.8 Å². The van der Waals surface area contributed by atoms with Crippen LogP contribution in [0.2, 0.25) is 0 Å². The second-order valence-electron chi connectivity index (χ2n) is 4.63. The van der Waals surface area contributed by atoms with Crippen molar-refractivity contribution in [1.29, 1.82) is 0 Å². The van der Waals surface area contributed by atoms with Gasteiger partial charge in [-0.2, -0.15) is 13.2 Å². The molecule has 0 aliphatic carbocycles. The molecule has 0 radical (unpaired) electrons. The van der Waals surface area contributed by atoms with E-state index >= 15 is 0 Å². The number of nitrogens with one attached hydrogen (secondary N) is 1. The van der Waals surface area contributed by atoms with Crippen molar-refractivity contribution in [2.75, 3.05) is 25.1 Å². The van der Waals surface area contributed by atoms with Gasteiger partial charge in [-0.3, -0.25) is 0 Å². The maximum Gasteiger partial charge on any atom is 0.416 e. The van der Waals surface area contributed by atoms with Crippen LogP contribution in [0.5, 0.6) is 0 Å². The standard InChI is InChI=1S/C13H15F3INO/c14-13(15,16)10-1-2-12(11(17)7-10)18-8-9-3-5-19-6-4-9/h1-2,7,9,18H,3-6,8H2. The Hall–Kier alpha value is -0.500. The second-order valence-corrected chi connectivity index (χ2v) is 5.79. The van der Waals surface area contributed by atoms with E-state index in [4.69, 9.17) is 4.74 Å². The van der Waals surface area contributed by atoms with Crippen LogP contribution in [0.3, 0.4) is 0 Å². The molecule has 1 heterocycles. The number of anilines is 1. The van der Waals surface area contributed by atoms with Gasteiger partial charge in [0.1, 0.15) is 0 Å². The quantitative estimate of drug-likeness (QED) is 0.790. The number of alkyl halides is 3. The van der Waals surface area contributed by atoms with Gasteiger partial charge in [-0.15, -0.1) is 0 Å². The largest absolute Gasteiger partial charge is 0.416 e. The van der Waals surface area contributed by atoms with Crippen LogP contribution >= 0.6 is 22.6 Å². The Morgan fingerprint density at radius 2 is 1.95 bits per heavy atom. The normalized spacial score (nSPS) is 17.5. The molecule has 0 unspecified atom stereocenters.